The molecule has 0 atom stereocenters. The third-order valence-corrected chi connectivity index (χ3v) is 3.97. The molecule has 0 saturated heterocycles. The van der Waals surface area contributed by atoms with E-state index in [1.54, 1.807) is 30.3 Å². The van der Waals surface area contributed by atoms with Crippen molar-refractivity contribution in [3.63, 3.8) is 0 Å². The number of hydrogen-bond donors (Lipinski definition) is 0. The molecular formula is C20H20O3. The van der Waals surface area contributed by atoms with E-state index in [0.29, 0.717) is 11.1 Å². The summed E-state index contributed by atoms with van der Waals surface area (Å²) in [5, 5.41) is 0. The van der Waals surface area contributed by atoms with Crippen LogP contribution < -0.4 is 0 Å². The third kappa shape index (κ3) is 3.95. The van der Waals surface area contributed by atoms with E-state index < -0.39 is 5.97 Å². The van der Waals surface area contributed by atoms with E-state index in [1.807, 2.05) is 32.9 Å². The number of Topliss-reactive ketones (excluding diaryl/α,β-unsaturated/α-hetero) is 1. The van der Waals surface area contributed by atoms with Crippen LogP contribution in [0.5, 0.6) is 0 Å². The highest BCUT2D eigenvalue weighted by Crippen LogP contribution is 2.16. The monoisotopic (exact) mass is 308 g/mol. The summed E-state index contributed by atoms with van der Waals surface area (Å²) in [6.45, 7) is 9.35. The molecule has 23 heavy (non-hydrogen) atoms. The maximum absolute atomic E-state index is 12.2. The van der Waals surface area contributed by atoms with Crippen LogP contribution in [0.1, 0.15) is 43.0 Å². The summed E-state index contributed by atoms with van der Waals surface area (Å²) < 4.78 is 5.11. The van der Waals surface area contributed by atoms with Crippen molar-refractivity contribution in [3.05, 3.63) is 76.4 Å². The van der Waals surface area contributed by atoms with E-state index in [4.69, 9.17) is 4.74 Å². The number of ether oxygens (including phenoxy) is 1. The summed E-state index contributed by atoms with van der Waals surface area (Å²) in [7, 11) is 0. The van der Waals surface area contributed by atoms with E-state index in [9.17, 15) is 9.59 Å². The van der Waals surface area contributed by atoms with Gasteiger partial charge >= 0.3 is 5.97 Å². The van der Waals surface area contributed by atoms with Crippen LogP contribution in [0, 0.1) is 20.8 Å². The predicted octanol–water partition coefficient (Wildman–Crippen LogP) is 4.29. The van der Waals surface area contributed by atoms with Gasteiger partial charge in [0.1, 0.15) is 0 Å². The summed E-state index contributed by atoms with van der Waals surface area (Å²) >= 11 is 0. The minimum absolute atomic E-state index is 0.202. The van der Waals surface area contributed by atoms with Gasteiger partial charge in [0.15, 0.2) is 12.4 Å². The Balaban J connectivity index is 2.03. The van der Waals surface area contributed by atoms with E-state index in [1.165, 1.54) is 5.56 Å². The van der Waals surface area contributed by atoms with Crippen molar-refractivity contribution in [2.75, 3.05) is 6.61 Å². The number of hydrogen-bond acceptors (Lipinski definition) is 3. The smallest absolute Gasteiger partial charge is 0.338 e. The summed E-state index contributed by atoms with van der Waals surface area (Å²) in [6, 6.07) is 10.5. The summed E-state index contributed by atoms with van der Waals surface area (Å²) in [6.07, 6.45) is 1.70. The van der Waals surface area contributed by atoms with E-state index in [2.05, 4.69) is 6.58 Å². The molecule has 0 bridgehead atoms. The number of carbonyl (C=O) groups excluding carboxylic acids is 2. The van der Waals surface area contributed by atoms with Crippen LogP contribution in [-0.4, -0.2) is 18.4 Å². The van der Waals surface area contributed by atoms with Crippen molar-refractivity contribution in [3.8, 4) is 0 Å². The average Bonchev–Trinajstić information content (AvgIpc) is 2.56. The number of esters is 1. The Bertz CT molecular complexity index is 732. The SMILES string of the molecule is C=Cc1ccc(C(=O)OCC(=O)c2cc(C)c(C)c(C)c2)cc1. The number of ketones is 1. The Morgan fingerprint density at radius 3 is 2.09 bits per heavy atom. The molecule has 0 saturated carbocycles. The molecule has 0 fully saturated rings. The zero-order valence-corrected chi connectivity index (χ0v) is 13.7. The topological polar surface area (TPSA) is 43.4 Å². The normalized spacial score (nSPS) is 10.2. The zero-order valence-electron chi connectivity index (χ0n) is 13.7. The van der Waals surface area contributed by atoms with Gasteiger partial charge in [-0.2, -0.15) is 0 Å². The molecule has 0 spiro atoms. The van der Waals surface area contributed by atoms with Crippen molar-refractivity contribution in [1.82, 2.24) is 0 Å². The van der Waals surface area contributed by atoms with E-state index in [0.717, 1.165) is 16.7 Å². The largest absolute Gasteiger partial charge is 0.454 e. The second kappa shape index (κ2) is 7.05. The van der Waals surface area contributed by atoms with Crippen molar-refractivity contribution in [1.29, 1.82) is 0 Å². The van der Waals surface area contributed by atoms with Gasteiger partial charge in [0, 0.05) is 5.56 Å². The van der Waals surface area contributed by atoms with Crippen LogP contribution in [0.4, 0.5) is 0 Å². The Hall–Kier alpha value is -2.68. The van der Waals surface area contributed by atoms with Crippen LogP contribution in [0.2, 0.25) is 0 Å². The molecule has 3 heteroatoms. The highest BCUT2D eigenvalue weighted by molar-refractivity contribution is 5.99. The standard InChI is InChI=1S/C20H20O3/c1-5-16-6-8-17(9-7-16)20(22)23-12-19(21)18-10-13(2)15(4)14(3)11-18/h5-11H,1,12H2,2-4H3. The van der Waals surface area contributed by atoms with Crippen molar-refractivity contribution in [2.24, 2.45) is 0 Å². The van der Waals surface area contributed by atoms with Gasteiger partial charge in [-0.25, -0.2) is 4.79 Å². The van der Waals surface area contributed by atoms with Crippen molar-refractivity contribution < 1.29 is 14.3 Å². The first-order valence-corrected chi connectivity index (χ1v) is 7.43. The molecule has 2 aromatic carbocycles. The molecule has 2 rings (SSSR count). The molecule has 0 aliphatic rings. The van der Waals surface area contributed by atoms with Gasteiger partial charge in [-0.3, -0.25) is 4.79 Å². The van der Waals surface area contributed by atoms with Crippen LogP contribution in [0.25, 0.3) is 6.08 Å². The lowest BCUT2D eigenvalue weighted by molar-refractivity contribution is 0.0474. The number of aryl methyl sites for hydroxylation is 2. The third-order valence-electron chi connectivity index (χ3n) is 3.97. The van der Waals surface area contributed by atoms with Crippen molar-refractivity contribution in [2.45, 2.75) is 20.8 Å². The lowest BCUT2D eigenvalue weighted by atomic mass is 9.99. The van der Waals surface area contributed by atoms with Crippen LogP contribution in [0.3, 0.4) is 0 Å². The first-order chi connectivity index (χ1) is 10.9. The Morgan fingerprint density at radius 1 is 1.00 bits per heavy atom. The molecule has 2 aromatic rings. The fraction of sp³-hybridized carbons (Fsp3) is 0.200. The maximum atomic E-state index is 12.2. The molecule has 0 heterocycles. The molecule has 0 radical (unpaired) electrons. The molecular weight excluding hydrogens is 288 g/mol. The first kappa shape index (κ1) is 16.7. The summed E-state index contributed by atoms with van der Waals surface area (Å²) in [5.41, 5.74) is 5.18. The van der Waals surface area contributed by atoms with Crippen LogP contribution in [-0.2, 0) is 4.74 Å². The molecule has 0 unspecified atom stereocenters. The highest BCUT2D eigenvalue weighted by Gasteiger charge is 2.13. The van der Waals surface area contributed by atoms with E-state index in [-0.39, 0.29) is 12.4 Å². The number of rotatable bonds is 5. The van der Waals surface area contributed by atoms with Crippen LogP contribution in [0.15, 0.2) is 43.0 Å². The average molecular weight is 308 g/mol. The first-order valence-electron chi connectivity index (χ1n) is 7.43. The van der Waals surface area contributed by atoms with Gasteiger partial charge in [-0.1, -0.05) is 24.8 Å². The van der Waals surface area contributed by atoms with Gasteiger partial charge < -0.3 is 4.74 Å². The van der Waals surface area contributed by atoms with Gasteiger partial charge in [0.25, 0.3) is 0 Å². The molecule has 0 amide bonds. The maximum Gasteiger partial charge on any atom is 0.338 e. The quantitative estimate of drug-likeness (QED) is 0.611. The Labute approximate surface area is 136 Å². The fourth-order valence-electron chi connectivity index (χ4n) is 2.25. The number of carbonyl (C=O) groups is 2. The zero-order chi connectivity index (χ0) is 17.0. The molecule has 0 aliphatic carbocycles. The van der Waals surface area contributed by atoms with Gasteiger partial charge in [-0.05, 0) is 67.3 Å². The summed E-state index contributed by atoms with van der Waals surface area (Å²) in [4.78, 5) is 24.2. The lowest BCUT2D eigenvalue weighted by Gasteiger charge is -2.09. The Morgan fingerprint density at radius 2 is 1.57 bits per heavy atom. The minimum atomic E-state index is -0.505. The number of benzene rings is 2. The molecule has 118 valence electrons. The van der Waals surface area contributed by atoms with Gasteiger partial charge in [0.05, 0.1) is 5.56 Å². The molecule has 0 aliphatic heterocycles. The second-order valence-corrected chi connectivity index (χ2v) is 5.56. The predicted molar refractivity (Wildman–Crippen MR) is 91.8 cm³/mol. The van der Waals surface area contributed by atoms with Crippen LogP contribution >= 0.6 is 0 Å². The lowest BCUT2D eigenvalue weighted by Crippen LogP contribution is -2.14. The highest BCUT2D eigenvalue weighted by atomic mass is 16.5. The van der Waals surface area contributed by atoms with Gasteiger partial charge in [0.2, 0.25) is 0 Å². The molecule has 0 aromatic heterocycles. The minimum Gasteiger partial charge on any atom is -0.454 e. The molecule has 3 nitrogen and oxygen atoms in total. The van der Waals surface area contributed by atoms with E-state index >= 15 is 0 Å². The second-order valence-electron chi connectivity index (χ2n) is 5.56. The van der Waals surface area contributed by atoms with Gasteiger partial charge in [-0.15, -0.1) is 0 Å². The summed E-state index contributed by atoms with van der Waals surface area (Å²) in [5.74, 6) is -0.707. The van der Waals surface area contributed by atoms with Crippen molar-refractivity contribution >= 4 is 17.8 Å². The molecule has 0 N–H and O–H groups in total. The fourth-order valence-corrected chi connectivity index (χ4v) is 2.25. The Kier molecular flexibility index (Phi) is 5.12.